The summed E-state index contributed by atoms with van der Waals surface area (Å²) in [6.45, 7) is 10.8. The fourth-order valence-electron chi connectivity index (χ4n) is 3.39. The van der Waals surface area contributed by atoms with Gasteiger partial charge in [-0.25, -0.2) is 0 Å². The van der Waals surface area contributed by atoms with Gasteiger partial charge in [-0.3, -0.25) is 0 Å². The minimum atomic E-state index is -0.0708. The van der Waals surface area contributed by atoms with Crippen LogP contribution in [-0.2, 0) is 11.6 Å². The van der Waals surface area contributed by atoms with Crippen LogP contribution >= 0.6 is 17.2 Å². The molecule has 0 aromatic heterocycles. The molecule has 0 spiro atoms. The molecule has 0 heterocycles. The number of phenolic OH excluding ortho intramolecular Hbond substituents is 1. The predicted molar refractivity (Wildman–Crippen MR) is 128 cm³/mol. The maximum Gasteiger partial charge on any atom is 0.127 e. The molecule has 0 aliphatic rings. The molecule has 0 aliphatic heterocycles. The van der Waals surface area contributed by atoms with Crippen molar-refractivity contribution in [3.8, 4) is 5.75 Å². The highest BCUT2D eigenvalue weighted by Crippen LogP contribution is 2.34. The van der Waals surface area contributed by atoms with Crippen LogP contribution in [0.3, 0.4) is 0 Å². The first-order valence-corrected chi connectivity index (χ1v) is 11.9. The number of phenols is 1. The van der Waals surface area contributed by atoms with Gasteiger partial charge < -0.3 is 5.11 Å². The van der Waals surface area contributed by atoms with Crippen LogP contribution in [-0.4, -0.2) is 5.11 Å². The van der Waals surface area contributed by atoms with E-state index in [0.717, 1.165) is 25.6 Å². The Hall–Kier alpha value is -1.68. The lowest BCUT2D eigenvalue weighted by Crippen LogP contribution is -2.18. The molecule has 3 heteroatoms. The van der Waals surface area contributed by atoms with E-state index in [1.54, 1.807) is 0 Å². The standard InChI is InChI=1S/C25H30OP2/c1-17-14-21(25(3,4)5)23(26)22(15-17)28-24-18(2)10-9-11-19(24)16-27-20-12-7-6-8-13-20/h6-15,26-28H,16H2,1-5H3. The summed E-state index contributed by atoms with van der Waals surface area (Å²) < 4.78 is 0. The molecule has 3 rings (SSSR count). The van der Waals surface area contributed by atoms with Crippen molar-refractivity contribution in [1.82, 2.24) is 0 Å². The second kappa shape index (κ2) is 8.77. The smallest absolute Gasteiger partial charge is 0.127 e. The zero-order valence-corrected chi connectivity index (χ0v) is 19.4. The number of hydrogen-bond donors (Lipinski definition) is 1. The Labute approximate surface area is 173 Å². The van der Waals surface area contributed by atoms with Gasteiger partial charge in [0.05, 0.1) is 0 Å². The molecule has 0 aliphatic carbocycles. The summed E-state index contributed by atoms with van der Waals surface area (Å²) >= 11 is 0. The molecule has 0 saturated heterocycles. The highest BCUT2D eigenvalue weighted by Gasteiger charge is 2.21. The van der Waals surface area contributed by atoms with Crippen molar-refractivity contribution in [1.29, 1.82) is 0 Å². The van der Waals surface area contributed by atoms with Gasteiger partial charge in [0.1, 0.15) is 5.75 Å². The Balaban J connectivity index is 1.94. The van der Waals surface area contributed by atoms with Crippen LogP contribution in [0.15, 0.2) is 60.7 Å². The third-order valence-corrected chi connectivity index (χ3v) is 7.85. The molecule has 0 fully saturated rings. The average molecular weight is 408 g/mol. The van der Waals surface area contributed by atoms with Crippen LogP contribution in [0, 0.1) is 13.8 Å². The normalized spacial score (nSPS) is 12.5. The van der Waals surface area contributed by atoms with Crippen LogP contribution in [0.1, 0.15) is 43.0 Å². The van der Waals surface area contributed by atoms with Crippen molar-refractivity contribution in [3.05, 3.63) is 82.9 Å². The lowest BCUT2D eigenvalue weighted by Gasteiger charge is -2.23. The Kier molecular flexibility index (Phi) is 6.59. The van der Waals surface area contributed by atoms with E-state index in [1.807, 2.05) is 0 Å². The molecular formula is C25H30OP2. The second-order valence-electron chi connectivity index (χ2n) is 8.41. The Bertz CT molecular complexity index is 956. The molecule has 2 unspecified atom stereocenters. The molecule has 0 radical (unpaired) electrons. The quantitative estimate of drug-likeness (QED) is 0.558. The summed E-state index contributed by atoms with van der Waals surface area (Å²) in [6, 6.07) is 21.6. The molecule has 0 saturated carbocycles. The number of benzene rings is 3. The SMILES string of the molecule is Cc1cc(Pc2c(C)cccc2CPc2ccccc2)c(O)c(C(C)(C)C)c1. The van der Waals surface area contributed by atoms with E-state index in [1.165, 1.54) is 27.3 Å². The van der Waals surface area contributed by atoms with Crippen molar-refractivity contribution in [2.24, 2.45) is 0 Å². The first-order valence-electron chi connectivity index (χ1n) is 9.74. The highest BCUT2D eigenvalue weighted by molar-refractivity contribution is 7.56. The Morgan fingerprint density at radius 1 is 0.893 bits per heavy atom. The molecule has 2 atom stereocenters. The molecule has 28 heavy (non-hydrogen) atoms. The third-order valence-electron chi connectivity index (χ3n) is 4.94. The highest BCUT2D eigenvalue weighted by atomic mass is 31.1. The summed E-state index contributed by atoms with van der Waals surface area (Å²) in [5.74, 6) is 0.469. The Morgan fingerprint density at radius 2 is 1.61 bits per heavy atom. The van der Waals surface area contributed by atoms with Crippen LogP contribution in [0.2, 0.25) is 0 Å². The topological polar surface area (TPSA) is 20.2 Å². The van der Waals surface area contributed by atoms with Crippen LogP contribution in [0.5, 0.6) is 5.75 Å². The first-order chi connectivity index (χ1) is 13.3. The van der Waals surface area contributed by atoms with Gasteiger partial charge in [-0.1, -0.05) is 92.5 Å². The van der Waals surface area contributed by atoms with Gasteiger partial charge in [-0.05, 0) is 58.8 Å². The van der Waals surface area contributed by atoms with Crippen molar-refractivity contribution in [2.75, 3.05) is 0 Å². The van der Waals surface area contributed by atoms with Crippen LogP contribution in [0.25, 0.3) is 0 Å². The van der Waals surface area contributed by atoms with Crippen molar-refractivity contribution in [2.45, 2.75) is 46.2 Å². The van der Waals surface area contributed by atoms with Crippen LogP contribution < -0.4 is 15.9 Å². The summed E-state index contributed by atoms with van der Waals surface area (Å²) in [6.07, 6.45) is 1.05. The zero-order chi connectivity index (χ0) is 20.3. The van der Waals surface area contributed by atoms with Crippen LogP contribution in [0.4, 0.5) is 0 Å². The number of aromatic hydroxyl groups is 1. The maximum absolute atomic E-state index is 11.0. The first kappa shape index (κ1) is 21.0. The van der Waals surface area contributed by atoms with E-state index < -0.39 is 0 Å². The van der Waals surface area contributed by atoms with E-state index in [0.29, 0.717) is 14.3 Å². The molecular weight excluding hydrogens is 378 g/mol. The Morgan fingerprint density at radius 3 is 2.29 bits per heavy atom. The largest absolute Gasteiger partial charge is 0.507 e. The third kappa shape index (κ3) is 5.02. The number of aryl methyl sites for hydroxylation is 2. The van der Waals surface area contributed by atoms with E-state index in [4.69, 9.17) is 0 Å². The van der Waals surface area contributed by atoms with Gasteiger partial charge in [-0.15, -0.1) is 0 Å². The van der Waals surface area contributed by atoms with Crippen molar-refractivity contribution < 1.29 is 5.11 Å². The minimum Gasteiger partial charge on any atom is -0.507 e. The lowest BCUT2D eigenvalue weighted by molar-refractivity contribution is 0.450. The lowest BCUT2D eigenvalue weighted by atomic mass is 9.85. The molecule has 0 bridgehead atoms. The zero-order valence-electron chi connectivity index (χ0n) is 17.4. The fraction of sp³-hybridized carbons (Fsp3) is 0.280. The van der Waals surface area contributed by atoms with Gasteiger partial charge in [0.2, 0.25) is 0 Å². The van der Waals surface area contributed by atoms with Gasteiger partial charge in [-0.2, -0.15) is 0 Å². The van der Waals surface area contributed by atoms with Gasteiger partial charge in [0, 0.05) is 10.9 Å². The molecule has 1 N–H and O–H groups in total. The van der Waals surface area contributed by atoms with Crippen molar-refractivity contribution in [3.63, 3.8) is 0 Å². The summed E-state index contributed by atoms with van der Waals surface area (Å²) in [7, 11) is 1.23. The monoisotopic (exact) mass is 408 g/mol. The predicted octanol–water partition coefficient (Wildman–Crippen LogP) is 5.44. The maximum atomic E-state index is 11.0. The average Bonchev–Trinajstić information content (AvgIpc) is 2.64. The second-order valence-corrected chi connectivity index (χ2v) is 11.0. The van der Waals surface area contributed by atoms with Gasteiger partial charge >= 0.3 is 0 Å². The molecule has 0 amide bonds. The molecule has 3 aromatic carbocycles. The summed E-state index contributed by atoms with van der Waals surface area (Å²) in [5, 5.41) is 14.8. The summed E-state index contributed by atoms with van der Waals surface area (Å²) in [4.78, 5) is 0. The van der Waals surface area contributed by atoms with E-state index in [2.05, 4.69) is 95.3 Å². The van der Waals surface area contributed by atoms with Crippen molar-refractivity contribution >= 4 is 33.1 Å². The van der Waals surface area contributed by atoms with E-state index >= 15 is 0 Å². The minimum absolute atomic E-state index is 0.0708. The fourth-order valence-corrected chi connectivity index (χ4v) is 6.12. The molecule has 3 aromatic rings. The molecule has 1 nitrogen and oxygen atoms in total. The molecule has 146 valence electrons. The number of rotatable bonds is 5. The van der Waals surface area contributed by atoms with E-state index in [9.17, 15) is 5.11 Å². The van der Waals surface area contributed by atoms with Gasteiger partial charge in [0.15, 0.2) is 0 Å². The number of hydrogen-bond acceptors (Lipinski definition) is 1. The van der Waals surface area contributed by atoms with Gasteiger partial charge in [0.25, 0.3) is 0 Å². The summed E-state index contributed by atoms with van der Waals surface area (Å²) in [5.41, 5.74) is 4.90. The van der Waals surface area contributed by atoms with E-state index in [-0.39, 0.29) is 5.41 Å².